The molecule has 6 heteroatoms. The van der Waals surface area contributed by atoms with Crippen LogP contribution in [0.15, 0.2) is 78.9 Å². The van der Waals surface area contributed by atoms with Crippen molar-refractivity contribution < 1.29 is 9.84 Å². The minimum Gasteiger partial charge on any atom is -0.491 e. The fraction of sp³-hybridized carbons (Fsp3) is 0.167. The molecule has 0 aliphatic rings. The highest BCUT2D eigenvalue weighted by Crippen LogP contribution is 2.25. The number of ether oxygens (including phenoxy) is 1. The molecule has 1 atom stereocenters. The summed E-state index contributed by atoms with van der Waals surface area (Å²) in [4.78, 5) is 9.58. The Kier molecular flexibility index (Phi) is 5.17. The fourth-order valence-electron chi connectivity index (χ4n) is 3.57. The van der Waals surface area contributed by atoms with Crippen LogP contribution in [0.5, 0.6) is 5.75 Å². The van der Waals surface area contributed by atoms with Gasteiger partial charge in [0.2, 0.25) is 0 Å². The summed E-state index contributed by atoms with van der Waals surface area (Å²) in [5, 5.41) is 11.7. The van der Waals surface area contributed by atoms with Crippen molar-refractivity contribution in [1.82, 2.24) is 14.5 Å². The van der Waals surface area contributed by atoms with E-state index < -0.39 is 6.10 Å². The Morgan fingerprint density at radius 3 is 2.43 bits per heavy atom. The Labute approximate surface area is 178 Å². The van der Waals surface area contributed by atoms with Crippen LogP contribution in [0.4, 0.5) is 0 Å². The summed E-state index contributed by atoms with van der Waals surface area (Å²) in [5.74, 6) is 1.65. The SMILES string of the molecule is OC(COc1ccccc1)Cn1c(Cc2nc3ccccc3s2)nc2ccccc21. The lowest BCUT2D eigenvalue weighted by atomic mass is 10.3. The number of rotatable bonds is 7. The van der Waals surface area contributed by atoms with Crippen molar-refractivity contribution in [1.29, 1.82) is 0 Å². The third-order valence-electron chi connectivity index (χ3n) is 4.96. The second kappa shape index (κ2) is 8.26. The first kappa shape index (κ1) is 18.8. The molecule has 2 aromatic heterocycles. The number of aliphatic hydroxyl groups excluding tert-OH is 1. The predicted molar refractivity (Wildman–Crippen MR) is 120 cm³/mol. The minimum atomic E-state index is -0.656. The quantitative estimate of drug-likeness (QED) is 0.419. The van der Waals surface area contributed by atoms with Gasteiger partial charge in [0.25, 0.3) is 0 Å². The molecule has 0 spiro atoms. The Bertz CT molecular complexity index is 1250. The number of hydrogen-bond acceptors (Lipinski definition) is 5. The largest absolute Gasteiger partial charge is 0.491 e. The van der Waals surface area contributed by atoms with Crippen molar-refractivity contribution in [2.45, 2.75) is 19.1 Å². The maximum atomic E-state index is 10.7. The van der Waals surface area contributed by atoms with Crippen LogP contribution in [0.2, 0.25) is 0 Å². The summed E-state index contributed by atoms with van der Waals surface area (Å²) in [5.41, 5.74) is 2.94. The number of para-hydroxylation sites is 4. The number of aromatic nitrogens is 3. The highest BCUT2D eigenvalue weighted by Gasteiger charge is 2.16. The van der Waals surface area contributed by atoms with Gasteiger partial charge in [-0.25, -0.2) is 9.97 Å². The first-order chi connectivity index (χ1) is 14.8. The second-order valence-electron chi connectivity index (χ2n) is 7.16. The van der Waals surface area contributed by atoms with Gasteiger partial charge in [0.1, 0.15) is 29.3 Å². The highest BCUT2D eigenvalue weighted by molar-refractivity contribution is 7.18. The predicted octanol–water partition coefficient (Wildman–Crippen LogP) is 4.68. The van der Waals surface area contributed by atoms with Crippen molar-refractivity contribution >= 4 is 32.6 Å². The lowest BCUT2D eigenvalue weighted by Crippen LogP contribution is -2.24. The van der Waals surface area contributed by atoms with Gasteiger partial charge in [-0.3, -0.25) is 0 Å². The first-order valence-corrected chi connectivity index (χ1v) is 10.7. The van der Waals surface area contributed by atoms with Gasteiger partial charge in [-0.2, -0.15) is 0 Å². The standard InChI is InChI=1S/C24H21N3O2S/c28-17(16-29-18-8-2-1-3-9-18)15-27-21-12-6-4-10-19(21)25-23(27)14-24-26-20-11-5-7-13-22(20)30-24/h1-13,17,28H,14-16H2. The molecule has 5 aromatic rings. The minimum absolute atomic E-state index is 0.219. The summed E-state index contributed by atoms with van der Waals surface area (Å²) in [6.45, 7) is 0.630. The van der Waals surface area contributed by atoms with Crippen LogP contribution < -0.4 is 4.74 Å². The first-order valence-electron chi connectivity index (χ1n) is 9.91. The number of benzene rings is 3. The Morgan fingerprint density at radius 1 is 0.867 bits per heavy atom. The lowest BCUT2D eigenvalue weighted by molar-refractivity contribution is 0.0928. The van der Waals surface area contributed by atoms with Gasteiger partial charge in [0.15, 0.2) is 0 Å². The van der Waals surface area contributed by atoms with Gasteiger partial charge in [-0.15, -0.1) is 11.3 Å². The molecule has 2 heterocycles. The van der Waals surface area contributed by atoms with E-state index in [1.807, 2.05) is 72.8 Å². The van der Waals surface area contributed by atoms with E-state index in [0.29, 0.717) is 13.0 Å². The van der Waals surface area contributed by atoms with Crippen molar-refractivity contribution in [2.75, 3.05) is 6.61 Å². The molecular weight excluding hydrogens is 394 g/mol. The number of fused-ring (bicyclic) bond motifs is 2. The normalized spacial score (nSPS) is 12.4. The van der Waals surface area contributed by atoms with Gasteiger partial charge < -0.3 is 14.4 Å². The molecule has 5 rings (SSSR count). The van der Waals surface area contributed by atoms with Crippen molar-refractivity contribution in [3.05, 3.63) is 89.7 Å². The zero-order valence-corrected chi connectivity index (χ0v) is 17.1. The molecule has 3 aromatic carbocycles. The summed E-state index contributed by atoms with van der Waals surface area (Å²) in [6.07, 6.45) is -0.0303. The van der Waals surface area contributed by atoms with Gasteiger partial charge in [-0.05, 0) is 36.4 Å². The van der Waals surface area contributed by atoms with E-state index >= 15 is 0 Å². The molecule has 150 valence electrons. The molecule has 0 fully saturated rings. The molecule has 1 N–H and O–H groups in total. The van der Waals surface area contributed by atoms with E-state index in [1.54, 1.807) is 11.3 Å². The average Bonchev–Trinajstić information content (AvgIpc) is 3.34. The molecule has 0 bridgehead atoms. The maximum Gasteiger partial charge on any atom is 0.119 e. The maximum absolute atomic E-state index is 10.7. The summed E-state index contributed by atoms with van der Waals surface area (Å²) >= 11 is 1.69. The van der Waals surface area contributed by atoms with Gasteiger partial charge in [0, 0.05) is 0 Å². The zero-order chi connectivity index (χ0) is 20.3. The van der Waals surface area contributed by atoms with E-state index in [0.717, 1.165) is 33.1 Å². The van der Waals surface area contributed by atoms with Gasteiger partial charge in [-0.1, -0.05) is 42.5 Å². The van der Waals surface area contributed by atoms with Crippen LogP contribution in [0.1, 0.15) is 10.8 Å². The number of hydrogen-bond donors (Lipinski definition) is 1. The molecule has 0 amide bonds. The molecule has 5 nitrogen and oxygen atoms in total. The van der Waals surface area contributed by atoms with Crippen LogP contribution in [0.3, 0.4) is 0 Å². The molecule has 0 aliphatic carbocycles. The van der Waals surface area contributed by atoms with Gasteiger partial charge in [0.05, 0.1) is 34.2 Å². The third kappa shape index (κ3) is 3.92. The summed E-state index contributed by atoms with van der Waals surface area (Å²) < 4.78 is 8.99. The Balaban J connectivity index is 1.40. The second-order valence-corrected chi connectivity index (χ2v) is 8.27. The number of aliphatic hydroxyl groups is 1. The van der Waals surface area contributed by atoms with E-state index in [4.69, 9.17) is 14.7 Å². The number of thiazole rings is 1. The molecule has 0 aliphatic heterocycles. The lowest BCUT2D eigenvalue weighted by Gasteiger charge is -2.15. The third-order valence-corrected chi connectivity index (χ3v) is 6.00. The molecule has 0 radical (unpaired) electrons. The van der Waals surface area contributed by atoms with Crippen molar-refractivity contribution in [3.63, 3.8) is 0 Å². The Hall–Kier alpha value is -3.22. The van der Waals surface area contributed by atoms with Crippen LogP contribution in [-0.2, 0) is 13.0 Å². The average molecular weight is 416 g/mol. The fourth-order valence-corrected chi connectivity index (χ4v) is 4.53. The molecule has 30 heavy (non-hydrogen) atoms. The number of imidazole rings is 1. The zero-order valence-electron chi connectivity index (χ0n) is 16.3. The monoisotopic (exact) mass is 415 g/mol. The molecule has 0 saturated heterocycles. The number of nitrogens with zero attached hydrogens (tertiary/aromatic N) is 3. The smallest absolute Gasteiger partial charge is 0.119 e. The van der Waals surface area contributed by atoms with Crippen LogP contribution >= 0.6 is 11.3 Å². The van der Waals surface area contributed by atoms with Gasteiger partial charge >= 0.3 is 0 Å². The van der Waals surface area contributed by atoms with Crippen LogP contribution in [-0.4, -0.2) is 32.4 Å². The van der Waals surface area contributed by atoms with E-state index in [2.05, 4.69) is 10.6 Å². The topological polar surface area (TPSA) is 60.2 Å². The van der Waals surface area contributed by atoms with E-state index in [1.165, 1.54) is 4.70 Å². The summed E-state index contributed by atoms with van der Waals surface area (Å²) in [6, 6.07) is 25.7. The molecular formula is C24H21N3O2S. The van der Waals surface area contributed by atoms with Crippen molar-refractivity contribution in [2.24, 2.45) is 0 Å². The molecule has 0 saturated carbocycles. The Morgan fingerprint density at radius 2 is 1.60 bits per heavy atom. The highest BCUT2D eigenvalue weighted by atomic mass is 32.1. The summed E-state index contributed by atoms with van der Waals surface area (Å²) in [7, 11) is 0. The van der Waals surface area contributed by atoms with Crippen LogP contribution in [0.25, 0.3) is 21.3 Å². The molecule has 1 unspecified atom stereocenters. The van der Waals surface area contributed by atoms with Crippen molar-refractivity contribution in [3.8, 4) is 5.75 Å². The van der Waals surface area contributed by atoms with Crippen LogP contribution in [0, 0.1) is 0 Å². The van der Waals surface area contributed by atoms with E-state index in [-0.39, 0.29) is 6.61 Å². The van der Waals surface area contributed by atoms with E-state index in [9.17, 15) is 5.11 Å².